The Kier molecular flexibility index (Phi) is 8.73. The standard InChI is InChI=1S/C14H11NO2S.C12H22N2O2/c1-16-10-6-8-11(9-7-10)17-14-15-12-4-2-3-5-13(12)18-14;1-2-13-7-4-11(5-8-13)14-6-3-9-16-10-12(14)15/h2-9H,1H3;11H,2-10H2,1H3. The molecule has 0 radical (unpaired) electrons. The van der Waals surface area contributed by atoms with Crippen molar-refractivity contribution in [2.75, 3.05) is 46.5 Å². The Labute approximate surface area is 205 Å². The number of hydrogen-bond acceptors (Lipinski definition) is 7. The van der Waals surface area contributed by atoms with Crippen molar-refractivity contribution in [3.05, 3.63) is 48.5 Å². The fraction of sp³-hybridized carbons (Fsp3) is 0.462. The van der Waals surface area contributed by atoms with Gasteiger partial charge in [-0.3, -0.25) is 4.79 Å². The number of thiazole rings is 1. The van der Waals surface area contributed by atoms with E-state index in [1.807, 2.05) is 48.5 Å². The zero-order valence-corrected chi connectivity index (χ0v) is 20.8. The van der Waals surface area contributed by atoms with Gasteiger partial charge >= 0.3 is 0 Å². The number of fused-ring (bicyclic) bond motifs is 1. The van der Waals surface area contributed by atoms with Crippen molar-refractivity contribution in [3.63, 3.8) is 0 Å². The summed E-state index contributed by atoms with van der Waals surface area (Å²) in [5.41, 5.74) is 0.964. The van der Waals surface area contributed by atoms with E-state index >= 15 is 0 Å². The van der Waals surface area contributed by atoms with E-state index in [0.29, 0.717) is 11.2 Å². The lowest BCUT2D eigenvalue weighted by Gasteiger charge is -2.37. The third-order valence-electron chi connectivity index (χ3n) is 6.22. The van der Waals surface area contributed by atoms with Crippen LogP contribution in [0.25, 0.3) is 10.2 Å². The second-order valence-corrected chi connectivity index (χ2v) is 9.38. The molecule has 182 valence electrons. The van der Waals surface area contributed by atoms with Crippen molar-refractivity contribution in [2.24, 2.45) is 0 Å². The minimum atomic E-state index is 0.187. The smallest absolute Gasteiger partial charge is 0.279 e. The van der Waals surface area contributed by atoms with Gasteiger partial charge in [-0.05, 0) is 62.2 Å². The van der Waals surface area contributed by atoms with Gasteiger partial charge in [-0.25, -0.2) is 4.98 Å². The Morgan fingerprint density at radius 2 is 1.79 bits per heavy atom. The molecule has 34 heavy (non-hydrogen) atoms. The Hall–Kier alpha value is -2.68. The van der Waals surface area contributed by atoms with Crippen LogP contribution in [0.2, 0.25) is 0 Å². The molecule has 0 spiro atoms. The first-order chi connectivity index (χ1) is 16.7. The van der Waals surface area contributed by atoms with E-state index in [0.717, 1.165) is 73.8 Å². The molecule has 2 saturated heterocycles. The van der Waals surface area contributed by atoms with Crippen LogP contribution in [0.5, 0.6) is 16.7 Å². The number of rotatable bonds is 5. The van der Waals surface area contributed by atoms with E-state index in [1.165, 1.54) is 11.3 Å². The zero-order valence-electron chi connectivity index (χ0n) is 19.9. The van der Waals surface area contributed by atoms with Crippen molar-refractivity contribution in [1.29, 1.82) is 0 Å². The number of hydrogen-bond donors (Lipinski definition) is 0. The zero-order chi connectivity index (χ0) is 23.8. The van der Waals surface area contributed by atoms with Crippen LogP contribution in [0.15, 0.2) is 48.5 Å². The second kappa shape index (κ2) is 12.1. The summed E-state index contributed by atoms with van der Waals surface area (Å²) in [6, 6.07) is 15.9. The van der Waals surface area contributed by atoms with E-state index in [2.05, 4.69) is 21.7 Å². The number of amides is 1. The summed E-state index contributed by atoms with van der Waals surface area (Å²) in [4.78, 5) is 20.8. The van der Waals surface area contributed by atoms with Crippen molar-refractivity contribution in [3.8, 4) is 16.7 Å². The predicted octanol–water partition coefficient (Wildman–Crippen LogP) is 4.82. The molecular formula is C26H33N3O4S. The number of ether oxygens (including phenoxy) is 3. The third-order valence-corrected chi connectivity index (χ3v) is 7.13. The fourth-order valence-electron chi connectivity index (χ4n) is 4.28. The van der Waals surface area contributed by atoms with Gasteiger partial charge in [-0.1, -0.05) is 30.4 Å². The lowest BCUT2D eigenvalue weighted by molar-refractivity contribution is -0.136. The number of methoxy groups -OCH3 is 1. The van der Waals surface area contributed by atoms with Gasteiger partial charge < -0.3 is 24.0 Å². The van der Waals surface area contributed by atoms with Gasteiger partial charge in [-0.2, -0.15) is 0 Å². The van der Waals surface area contributed by atoms with Crippen molar-refractivity contribution in [1.82, 2.24) is 14.8 Å². The number of carbonyl (C=O) groups is 1. The predicted molar refractivity (Wildman–Crippen MR) is 135 cm³/mol. The van der Waals surface area contributed by atoms with Crippen LogP contribution in [0.1, 0.15) is 26.2 Å². The van der Waals surface area contributed by atoms with Crippen LogP contribution in [-0.4, -0.2) is 73.2 Å². The van der Waals surface area contributed by atoms with Gasteiger partial charge in [0.1, 0.15) is 18.1 Å². The quantitative estimate of drug-likeness (QED) is 0.519. The number of piperidine rings is 1. The summed E-state index contributed by atoms with van der Waals surface area (Å²) in [5, 5.41) is 0.654. The Morgan fingerprint density at radius 1 is 1.06 bits per heavy atom. The molecule has 0 N–H and O–H groups in total. The Balaban J connectivity index is 0.000000162. The molecule has 2 aliphatic heterocycles. The summed E-state index contributed by atoms with van der Waals surface area (Å²) in [6.45, 7) is 7.49. The molecule has 5 rings (SSSR count). The van der Waals surface area contributed by atoms with Crippen molar-refractivity contribution in [2.45, 2.75) is 32.2 Å². The largest absolute Gasteiger partial charge is 0.497 e. The first-order valence-electron chi connectivity index (χ1n) is 11.9. The molecule has 1 amide bonds. The minimum absolute atomic E-state index is 0.187. The molecule has 2 fully saturated rings. The molecule has 0 aliphatic carbocycles. The first kappa shape index (κ1) is 24.4. The summed E-state index contributed by atoms with van der Waals surface area (Å²) in [7, 11) is 1.64. The lowest BCUT2D eigenvalue weighted by Crippen LogP contribution is -2.48. The topological polar surface area (TPSA) is 64.1 Å². The monoisotopic (exact) mass is 483 g/mol. The van der Waals surface area contributed by atoms with Crippen LogP contribution in [-0.2, 0) is 9.53 Å². The van der Waals surface area contributed by atoms with Crippen LogP contribution >= 0.6 is 11.3 Å². The summed E-state index contributed by atoms with van der Waals surface area (Å²) >= 11 is 1.54. The number of benzene rings is 2. The molecule has 0 saturated carbocycles. The Morgan fingerprint density at radius 3 is 2.50 bits per heavy atom. The van der Waals surface area contributed by atoms with Crippen LogP contribution < -0.4 is 9.47 Å². The Bertz CT molecular complexity index is 1010. The van der Waals surface area contributed by atoms with Gasteiger partial charge in [0.15, 0.2) is 0 Å². The van der Waals surface area contributed by atoms with Crippen molar-refractivity contribution >= 4 is 27.5 Å². The maximum Gasteiger partial charge on any atom is 0.279 e. The third kappa shape index (κ3) is 6.46. The average Bonchev–Trinajstić information content (AvgIpc) is 3.17. The molecule has 2 aromatic carbocycles. The number of aromatic nitrogens is 1. The molecule has 3 heterocycles. The highest BCUT2D eigenvalue weighted by atomic mass is 32.1. The van der Waals surface area contributed by atoms with E-state index in [1.54, 1.807) is 7.11 Å². The molecule has 0 atom stereocenters. The maximum atomic E-state index is 11.9. The van der Waals surface area contributed by atoms with E-state index in [4.69, 9.17) is 14.2 Å². The summed E-state index contributed by atoms with van der Waals surface area (Å²) < 4.78 is 17.2. The second-order valence-electron chi connectivity index (χ2n) is 8.38. The van der Waals surface area contributed by atoms with E-state index in [-0.39, 0.29) is 12.5 Å². The number of likely N-dealkylation sites (tertiary alicyclic amines) is 1. The highest BCUT2D eigenvalue weighted by Crippen LogP contribution is 2.31. The SMILES string of the molecule is CCN1CCC(N2CCCOCC2=O)CC1.COc1ccc(Oc2nc3ccccc3s2)cc1. The molecule has 0 bridgehead atoms. The molecule has 0 unspecified atom stereocenters. The number of carbonyl (C=O) groups excluding carboxylic acids is 1. The maximum absolute atomic E-state index is 11.9. The highest BCUT2D eigenvalue weighted by Gasteiger charge is 2.28. The fourth-order valence-corrected chi connectivity index (χ4v) is 5.11. The van der Waals surface area contributed by atoms with E-state index < -0.39 is 0 Å². The first-order valence-corrected chi connectivity index (χ1v) is 12.7. The van der Waals surface area contributed by atoms with Gasteiger partial charge in [-0.15, -0.1) is 0 Å². The summed E-state index contributed by atoms with van der Waals surface area (Å²) in [6.07, 6.45) is 3.24. The van der Waals surface area contributed by atoms with Gasteiger partial charge in [0.05, 0.1) is 17.3 Å². The molecule has 1 aromatic heterocycles. The van der Waals surface area contributed by atoms with E-state index in [9.17, 15) is 4.79 Å². The average molecular weight is 484 g/mol. The highest BCUT2D eigenvalue weighted by molar-refractivity contribution is 7.20. The molecular weight excluding hydrogens is 450 g/mol. The molecule has 2 aliphatic rings. The van der Waals surface area contributed by atoms with Crippen molar-refractivity contribution < 1.29 is 19.0 Å². The van der Waals surface area contributed by atoms with Crippen LogP contribution in [0.3, 0.4) is 0 Å². The minimum Gasteiger partial charge on any atom is -0.497 e. The van der Waals surface area contributed by atoms with Crippen LogP contribution in [0, 0.1) is 0 Å². The normalized spacial score (nSPS) is 17.7. The van der Waals surface area contributed by atoms with Crippen LogP contribution in [0.4, 0.5) is 0 Å². The number of nitrogens with zero attached hydrogens (tertiary/aromatic N) is 3. The van der Waals surface area contributed by atoms with Gasteiger partial charge in [0, 0.05) is 32.3 Å². The lowest BCUT2D eigenvalue weighted by atomic mass is 10.0. The van der Waals surface area contributed by atoms with Gasteiger partial charge in [0.2, 0.25) is 5.91 Å². The number of para-hydroxylation sites is 1. The molecule has 3 aromatic rings. The molecule has 8 heteroatoms. The van der Waals surface area contributed by atoms with Gasteiger partial charge in [0.25, 0.3) is 5.19 Å². The molecule has 7 nitrogen and oxygen atoms in total. The summed E-state index contributed by atoms with van der Waals surface area (Å²) in [5.74, 6) is 1.76.